The predicted octanol–water partition coefficient (Wildman–Crippen LogP) is 1.09. The van der Waals surface area contributed by atoms with Crippen LogP contribution in [0.1, 0.15) is 31.4 Å². The number of carbonyl (C=O) groups excluding carboxylic acids is 2. The summed E-state index contributed by atoms with van der Waals surface area (Å²) in [4.78, 5) is 34.5. The van der Waals surface area contributed by atoms with Gasteiger partial charge in [0, 0.05) is 33.2 Å². The number of likely N-dealkylation sites (N-methyl/N-ethyl adjacent to an activating group) is 1. The fourth-order valence-electron chi connectivity index (χ4n) is 3.18. The fraction of sp³-hybridized carbons (Fsp3) is 0.550. The molecule has 146 valence electrons. The number of hydrogen-bond acceptors (Lipinski definition) is 3. The van der Waals surface area contributed by atoms with Gasteiger partial charge in [0.25, 0.3) is 0 Å². The lowest BCUT2D eigenvalue weighted by Crippen LogP contribution is -2.56. The number of aliphatic imine (C=N–C) groups is 1. The van der Waals surface area contributed by atoms with Gasteiger partial charge in [-0.1, -0.05) is 30.3 Å². The molecule has 2 fully saturated rings. The normalized spacial score (nSPS) is 19.1. The van der Waals surface area contributed by atoms with Crippen LogP contribution < -0.4 is 5.32 Å². The molecule has 0 spiro atoms. The van der Waals surface area contributed by atoms with Crippen LogP contribution in [0.4, 0.5) is 0 Å². The van der Waals surface area contributed by atoms with Crippen LogP contribution in [-0.4, -0.2) is 78.8 Å². The minimum Gasteiger partial charge on any atom is -0.350 e. The second kappa shape index (κ2) is 8.41. The second-order valence-corrected chi connectivity index (χ2v) is 7.44. The zero-order valence-corrected chi connectivity index (χ0v) is 16.4. The van der Waals surface area contributed by atoms with Crippen LogP contribution in [0.3, 0.4) is 0 Å². The van der Waals surface area contributed by atoms with Gasteiger partial charge >= 0.3 is 0 Å². The van der Waals surface area contributed by atoms with Gasteiger partial charge in [-0.2, -0.15) is 0 Å². The van der Waals surface area contributed by atoms with E-state index in [0.717, 1.165) is 24.9 Å². The lowest BCUT2D eigenvalue weighted by atomic mass is 10.1. The van der Waals surface area contributed by atoms with Crippen LogP contribution in [0.5, 0.6) is 0 Å². The Balaban J connectivity index is 1.72. The Hall–Kier alpha value is -2.57. The summed E-state index contributed by atoms with van der Waals surface area (Å²) in [5.74, 6) is 0.694. The molecular formula is C20H29N5O2. The van der Waals surface area contributed by atoms with Crippen molar-refractivity contribution in [3.63, 3.8) is 0 Å². The number of nitrogens with zero attached hydrogens (tertiary/aromatic N) is 4. The molecule has 27 heavy (non-hydrogen) atoms. The zero-order valence-electron chi connectivity index (χ0n) is 16.4. The Bertz CT molecular complexity index is 700. The fourth-order valence-corrected chi connectivity index (χ4v) is 3.18. The van der Waals surface area contributed by atoms with E-state index in [0.29, 0.717) is 25.1 Å². The first-order valence-electron chi connectivity index (χ1n) is 9.56. The summed E-state index contributed by atoms with van der Waals surface area (Å²) in [5, 5.41) is 3.41. The number of nitrogens with one attached hydrogen (secondary N) is 1. The molecule has 0 aromatic heterocycles. The minimum absolute atomic E-state index is 0.0240. The Morgan fingerprint density at radius 2 is 1.96 bits per heavy atom. The number of guanidine groups is 1. The molecule has 1 N–H and O–H groups in total. The Kier molecular flexibility index (Phi) is 5.98. The molecule has 1 heterocycles. The van der Waals surface area contributed by atoms with Gasteiger partial charge in [0.05, 0.1) is 12.6 Å². The van der Waals surface area contributed by atoms with Crippen molar-refractivity contribution in [2.24, 2.45) is 4.99 Å². The molecule has 2 aliphatic rings. The van der Waals surface area contributed by atoms with E-state index in [1.807, 2.05) is 28.0 Å². The predicted molar refractivity (Wildman–Crippen MR) is 105 cm³/mol. The highest BCUT2D eigenvalue weighted by atomic mass is 16.2. The number of carbonyl (C=O) groups is 2. The average Bonchev–Trinajstić information content (AvgIpc) is 3.50. The number of rotatable bonds is 5. The number of amides is 2. The van der Waals surface area contributed by atoms with Crippen molar-refractivity contribution in [1.29, 1.82) is 0 Å². The highest BCUT2D eigenvalue weighted by Crippen LogP contribution is 2.28. The van der Waals surface area contributed by atoms with Crippen LogP contribution >= 0.6 is 0 Å². The molecule has 1 aromatic carbocycles. The van der Waals surface area contributed by atoms with Gasteiger partial charge in [0.2, 0.25) is 11.8 Å². The smallest absolute Gasteiger partial charge is 0.243 e. The summed E-state index contributed by atoms with van der Waals surface area (Å²) < 4.78 is 0. The van der Waals surface area contributed by atoms with Gasteiger partial charge in [-0.05, 0) is 25.3 Å². The summed E-state index contributed by atoms with van der Waals surface area (Å²) in [7, 11) is 3.44. The number of hydrogen-bond donors (Lipinski definition) is 1. The van der Waals surface area contributed by atoms with E-state index in [2.05, 4.69) is 29.4 Å². The monoisotopic (exact) mass is 371 g/mol. The molecule has 1 unspecified atom stereocenters. The highest BCUT2D eigenvalue weighted by Gasteiger charge is 2.36. The molecule has 1 aliphatic heterocycles. The first-order chi connectivity index (χ1) is 13.0. The van der Waals surface area contributed by atoms with Gasteiger partial charge in [-0.3, -0.25) is 9.59 Å². The first kappa shape index (κ1) is 19.2. The molecule has 0 bridgehead atoms. The largest absolute Gasteiger partial charge is 0.350 e. The maximum Gasteiger partial charge on any atom is 0.243 e. The molecule has 1 saturated carbocycles. The molecule has 2 amide bonds. The molecule has 1 aromatic rings. The van der Waals surface area contributed by atoms with Crippen LogP contribution in [0.25, 0.3) is 0 Å². The van der Waals surface area contributed by atoms with Crippen molar-refractivity contribution in [2.45, 2.75) is 31.8 Å². The molecule has 3 rings (SSSR count). The standard InChI is InChI=1S/C20H29N5O2/c1-15(16-7-5-4-6-8-16)22-20(21-13-18(26)23(2)3)24-11-12-25(17-9-10-17)19(27)14-24/h4-8,15,17H,9-14H2,1-3H3,(H,21,22). The summed E-state index contributed by atoms with van der Waals surface area (Å²) in [6, 6.07) is 10.5. The van der Waals surface area contributed by atoms with Crippen molar-refractivity contribution < 1.29 is 9.59 Å². The third kappa shape index (κ3) is 4.99. The summed E-state index contributed by atoms with van der Waals surface area (Å²) in [5.41, 5.74) is 1.13. The van der Waals surface area contributed by atoms with Crippen LogP contribution in [0.15, 0.2) is 35.3 Å². The van der Waals surface area contributed by atoms with Gasteiger partial charge in [0.15, 0.2) is 5.96 Å². The maximum atomic E-state index is 12.5. The van der Waals surface area contributed by atoms with Crippen LogP contribution in [0, 0.1) is 0 Å². The van der Waals surface area contributed by atoms with Crippen molar-refractivity contribution in [3.05, 3.63) is 35.9 Å². The molecule has 7 nitrogen and oxygen atoms in total. The van der Waals surface area contributed by atoms with E-state index >= 15 is 0 Å². The first-order valence-corrected chi connectivity index (χ1v) is 9.56. The molecular weight excluding hydrogens is 342 g/mol. The van der Waals surface area contributed by atoms with E-state index < -0.39 is 0 Å². The van der Waals surface area contributed by atoms with E-state index in [9.17, 15) is 9.59 Å². The number of benzene rings is 1. The van der Waals surface area contributed by atoms with Crippen LogP contribution in [0.2, 0.25) is 0 Å². The Labute approximate surface area is 161 Å². The summed E-state index contributed by atoms with van der Waals surface area (Å²) >= 11 is 0. The molecule has 7 heteroatoms. The highest BCUT2D eigenvalue weighted by molar-refractivity contribution is 5.89. The van der Waals surface area contributed by atoms with Crippen molar-refractivity contribution in [2.75, 3.05) is 40.3 Å². The van der Waals surface area contributed by atoms with E-state index in [-0.39, 0.29) is 24.4 Å². The third-order valence-electron chi connectivity index (χ3n) is 5.05. The Morgan fingerprint density at radius 3 is 2.56 bits per heavy atom. The van der Waals surface area contributed by atoms with Crippen LogP contribution in [-0.2, 0) is 9.59 Å². The minimum atomic E-state index is -0.0652. The van der Waals surface area contributed by atoms with E-state index in [4.69, 9.17) is 0 Å². The topological polar surface area (TPSA) is 68.2 Å². The van der Waals surface area contributed by atoms with Crippen molar-refractivity contribution in [1.82, 2.24) is 20.0 Å². The molecule has 1 aliphatic carbocycles. The zero-order chi connectivity index (χ0) is 19.4. The summed E-state index contributed by atoms with van der Waals surface area (Å²) in [6.45, 7) is 3.87. The van der Waals surface area contributed by atoms with Crippen molar-refractivity contribution in [3.8, 4) is 0 Å². The van der Waals surface area contributed by atoms with E-state index in [1.54, 1.807) is 14.1 Å². The van der Waals surface area contributed by atoms with Crippen molar-refractivity contribution >= 4 is 17.8 Å². The Morgan fingerprint density at radius 1 is 1.26 bits per heavy atom. The summed E-state index contributed by atoms with van der Waals surface area (Å²) in [6.07, 6.45) is 2.24. The maximum absolute atomic E-state index is 12.5. The van der Waals surface area contributed by atoms with Gasteiger partial charge < -0.3 is 20.0 Å². The van der Waals surface area contributed by atoms with Gasteiger partial charge in [0.1, 0.15) is 6.54 Å². The molecule has 1 saturated heterocycles. The second-order valence-electron chi connectivity index (χ2n) is 7.44. The van der Waals surface area contributed by atoms with E-state index in [1.165, 1.54) is 4.90 Å². The SMILES string of the molecule is CC(NC(=NCC(=O)N(C)C)N1CCN(C2CC2)C(=O)C1)c1ccccc1. The van der Waals surface area contributed by atoms with Gasteiger partial charge in [-0.25, -0.2) is 4.99 Å². The quantitative estimate of drug-likeness (QED) is 0.621. The lowest BCUT2D eigenvalue weighted by Gasteiger charge is -2.37. The third-order valence-corrected chi connectivity index (χ3v) is 5.05. The van der Waals surface area contributed by atoms with Gasteiger partial charge in [-0.15, -0.1) is 0 Å². The average molecular weight is 371 g/mol. The molecule has 0 radical (unpaired) electrons. The lowest BCUT2D eigenvalue weighted by molar-refractivity contribution is -0.135. The number of piperazine rings is 1. The molecule has 1 atom stereocenters.